The minimum Gasteiger partial charge on any atom is -0.351 e. The van der Waals surface area contributed by atoms with Crippen LogP contribution in [-0.4, -0.2) is 42.4 Å². The molecule has 0 atom stereocenters. The quantitative estimate of drug-likeness (QED) is 0.265. The molecule has 2 amide bonds. The maximum absolute atomic E-state index is 10.8. The highest BCUT2D eigenvalue weighted by Gasteiger charge is 2.28. The van der Waals surface area contributed by atoms with Crippen LogP contribution >= 0.6 is 0 Å². The van der Waals surface area contributed by atoms with Gasteiger partial charge in [-0.15, -0.1) is 0 Å². The molecule has 0 aromatic heterocycles. The van der Waals surface area contributed by atoms with E-state index in [1.54, 1.807) is 0 Å². The van der Waals surface area contributed by atoms with Gasteiger partial charge in [-0.2, -0.15) is 0 Å². The van der Waals surface area contributed by atoms with Crippen molar-refractivity contribution < 1.29 is 9.59 Å². The third-order valence-corrected chi connectivity index (χ3v) is 1.89. The van der Waals surface area contributed by atoms with Gasteiger partial charge in [0.25, 0.3) is 0 Å². The first kappa shape index (κ1) is 9.94. The van der Waals surface area contributed by atoms with Crippen LogP contribution in [0.1, 0.15) is 6.92 Å². The molecule has 1 saturated heterocycles. The number of likely N-dealkylation sites (tertiary alicyclic amines) is 1. The fourth-order valence-corrected chi connectivity index (χ4v) is 1.33. The predicted molar refractivity (Wildman–Crippen MR) is 46.4 cm³/mol. The molecule has 0 aromatic rings. The molecule has 0 unspecified atom stereocenters. The van der Waals surface area contributed by atoms with Crippen molar-refractivity contribution in [2.75, 3.05) is 19.6 Å². The van der Waals surface area contributed by atoms with E-state index in [0.29, 0.717) is 19.6 Å². The molecular formula is C7H14N4O2. The molecule has 1 heterocycles. The van der Waals surface area contributed by atoms with Crippen molar-refractivity contribution in [3.05, 3.63) is 0 Å². The zero-order valence-corrected chi connectivity index (χ0v) is 7.54. The van der Waals surface area contributed by atoms with E-state index in [1.807, 2.05) is 4.90 Å². The van der Waals surface area contributed by atoms with Crippen LogP contribution in [0.4, 0.5) is 0 Å². The van der Waals surface area contributed by atoms with Crippen LogP contribution in [0.2, 0.25) is 0 Å². The smallest absolute Gasteiger partial charge is 0.248 e. The van der Waals surface area contributed by atoms with E-state index in [0.717, 1.165) is 0 Å². The average Bonchev–Trinajstić information content (AvgIpc) is 1.99. The molecule has 1 rings (SSSR count). The second-order valence-electron chi connectivity index (χ2n) is 3.16. The second-order valence-corrected chi connectivity index (χ2v) is 3.16. The van der Waals surface area contributed by atoms with Crippen LogP contribution in [-0.2, 0) is 9.59 Å². The van der Waals surface area contributed by atoms with Crippen LogP contribution in [0.3, 0.4) is 0 Å². The van der Waals surface area contributed by atoms with Crippen molar-refractivity contribution in [2.45, 2.75) is 13.0 Å². The molecule has 0 spiro atoms. The summed E-state index contributed by atoms with van der Waals surface area (Å²) in [6.45, 7) is 3.21. The van der Waals surface area contributed by atoms with Crippen molar-refractivity contribution >= 4 is 11.8 Å². The van der Waals surface area contributed by atoms with Crippen LogP contribution in [0.25, 0.3) is 0 Å². The lowest BCUT2D eigenvalue weighted by Gasteiger charge is -2.38. The zero-order valence-electron chi connectivity index (χ0n) is 7.54. The lowest BCUT2D eigenvalue weighted by atomic mass is 10.1. The van der Waals surface area contributed by atoms with Crippen LogP contribution in [0.15, 0.2) is 0 Å². The monoisotopic (exact) mass is 186 g/mol. The topological polar surface area (TPSA) is 87.5 Å². The number of rotatable bonds is 3. The normalized spacial score (nSPS) is 17.7. The van der Waals surface area contributed by atoms with Gasteiger partial charge in [0.15, 0.2) is 0 Å². The molecule has 74 valence electrons. The van der Waals surface area contributed by atoms with E-state index in [1.165, 1.54) is 6.92 Å². The second kappa shape index (κ2) is 4.20. The number of amides is 2. The summed E-state index contributed by atoms with van der Waals surface area (Å²) in [4.78, 5) is 23.3. The van der Waals surface area contributed by atoms with Crippen molar-refractivity contribution in [1.29, 1.82) is 0 Å². The molecule has 0 radical (unpaired) electrons. The number of hydrogen-bond donors (Lipinski definition) is 3. The Balaban J connectivity index is 2.11. The summed E-state index contributed by atoms with van der Waals surface area (Å²) in [5.74, 6) is 4.68. The van der Waals surface area contributed by atoms with E-state index in [-0.39, 0.29) is 17.9 Å². The Hall–Kier alpha value is -1.14. The van der Waals surface area contributed by atoms with Crippen molar-refractivity contribution in [1.82, 2.24) is 15.6 Å². The Morgan fingerprint density at radius 3 is 2.62 bits per heavy atom. The first-order valence-corrected chi connectivity index (χ1v) is 4.10. The number of carbonyl (C=O) groups is 2. The van der Waals surface area contributed by atoms with Crippen LogP contribution in [0.5, 0.6) is 0 Å². The average molecular weight is 186 g/mol. The Kier molecular flexibility index (Phi) is 3.21. The summed E-state index contributed by atoms with van der Waals surface area (Å²) in [7, 11) is 0. The Labute approximate surface area is 76.4 Å². The predicted octanol–water partition coefficient (Wildman–Crippen LogP) is -2.20. The summed E-state index contributed by atoms with van der Waals surface area (Å²) < 4.78 is 0. The number of nitrogens with one attached hydrogen (secondary N) is 2. The molecule has 4 N–H and O–H groups in total. The molecular weight excluding hydrogens is 172 g/mol. The van der Waals surface area contributed by atoms with Crippen molar-refractivity contribution in [3.8, 4) is 0 Å². The lowest BCUT2D eigenvalue weighted by Crippen LogP contribution is -2.60. The molecule has 0 bridgehead atoms. The van der Waals surface area contributed by atoms with E-state index in [9.17, 15) is 9.59 Å². The first-order valence-electron chi connectivity index (χ1n) is 4.10. The molecule has 1 aliphatic heterocycles. The molecule has 6 heteroatoms. The van der Waals surface area contributed by atoms with Gasteiger partial charge < -0.3 is 5.32 Å². The molecule has 0 aliphatic carbocycles. The largest absolute Gasteiger partial charge is 0.351 e. The van der Waals surface area contributed by atoms with Crippen molar-refractivity contribution in [3.63, 3.8) is 0 Å². The first-order chi connectivity index (χ1) is 6.11. The maximum atomic E-state index is 10.8. The van der Waals surface area contributed by atoms with E-state index >= 15 is 0 Å². The Morgan fingerprint density at radius 1 is 1.54 bits per heavy atom. The minimum absolute atomic E-state index is 0.0343. The highest BCUT2D eigenvalue weighted by molar-refractivity contribution is 5.77. The van der Waals surface area contributed by atoms with E-state index in [4.69, 9.17) is 5.84 Å². The standard InChI is InChI=1S/C7H14N4O2/c1-5(12)9-6-2-11(3-6)4-7(13)10-8/h6H,2-4,8H2,1H3,(H,9,12)(H,10,13). The van der Waals surface area contributed by atoms with Gasteiger partial charge in [-0.1, -0.05) is 0 Å². The number of nitrogens with zero attached hydrogens (tertiary/aromatic N) is 1. The van der Waals surface area contributed by atoms with Crippen molar-refractivity contribution in [2.24, 2.45) is 5.84 Å². The van der Waals surface area contributed by atoms with Gasteiger partial charge in [0.1, 0.15) is 0 Å². The maximum Gasteiger partial charge on any atom is 0.248 e. The molecule has 0 saturated carbocycles. The molecule has 1 fully saturated rings. The van der Waals surface area contributed by atoms with Gasteiger partial charge >= 0.3 is 0 Å². The Bertz CT molecular complexity index is 213. The molecule has 1 aliphatic rings. The van der Waals surface area contributed by atoms with Crippen LogP contribution < -0.4 is 16.6 Å². The van der Waals surface area contributed by atoms with Gasteiger partial charge in [-0.05, 0) is 0 Å². The van der Waals surface area contributed by atoms with Gasteiger partial charge in [-0.25, -0.2) is 5.84 Å². The summed E-state index contributed by atoms with van der Waals surface area (Å²) >= 11 is 0. The highest BCUT2D eigenvalue weighted by atomic mass is 16.2. The molecule has 13 heavy (non-hydrogen) atoms. The lowest BCUT2D eigenvalue weighted by molar-refractivity contribution is -0.124. The van der Waals surface area contributed by atoms with Gasteiger partial charge in [0.2, 0.25) is 11.8 Å². The van der Waals surface area contributed by atoms with Gasteiger partial charge in [0.05, 0.1) is 12.6 Å². The summed E-state index contributed by atoms with van der Waals surface area (Å²) in [5.41, 5.74) is 2.05. The van der Waals surface area contributed by atoms with Gasteiger partial charge in [0, 0.05) is 20.0 Å². The number of hydrazine groups is 1. The summed E-state index contributed by atoms with van der Waals surface area (Å²) in [6, 6.07) is 0.183. The fourth-order valence-electron chi connectivity index (χ4n) is 1.33. The fraction of sp³-hybridized carbons (Fsp3) is 0.714. The minimum atomic E-state index is -0.207. The van der Waals surface area contributed by atoms with Gasteiger partial charge in [-0.3, -0.25) is 19.9 Å². The summed E-state index contributed by atoms with van der Waals surface area (Å²) in [5, 5.41) is 2.76. The summed E-state index contributed by atoms with van der Waals surface area (Å²) in [6.07, 6.45) is 0. The van der Waals surface area contributed by atoms with E-state index in [2.05, 4.69) is 10.7 Å². The number of carbonyl (C=O) groups excluding carboxylic acids is 2. The molecule has 0 aromatic carbocycles. The number of nitrogens with two attached hydrogens (primary N) is 1. The third kappa shape index (κ3) is 3.00. The SMILES string of the molecule is CC(=O)NC1CN(CC(=O)NN)C1. The molecule has 6 nitrogen and oxygen atoms in total. The third-order valence-electron chi connectivity index (χ3n) is 1.89. The number of hydrogen-bond acceptors (Lipinski definition) is 4. The van der Waals surface area contributed by atoms with E-state index < -0.39 is 0 Å². The van der Waals surface area contributed by atoms with Crippen LogP contribution in [0, 0.1) is 0 Å². The zero-order chi connectivity index (χ0) is 9.84. The Morgan fingerprint density at radius 2 is 2.15 bits per heavy atom. The highest BCUT2D eigenvalue weighted by Crippen LogP contribution is 2.05.